The van der Waals surface area contributed by atoms with Crippen LogP contribution in [0.5, 0.6) is 0 Å². The molecular weight excluding hydrogens is 272 g/mol. The molecule has 1 N–H and O–H groups in total. The van der Waals surface area contributed by atoms with Crippen LogP contribution in [-0.2, 0) is 13.6 Å². The van der Waals surface area contributed by atoms with E-state index < -0.39 is 0 Å². The highest BCUT2D eigenvalue weighted by Gasteiger charge is 2.27. The fourth-order valence-electron chi connectivity index (χ4n) is 2.99. The number of hydrogen-bond acceptors (Lipinski definition) is 3. The van der Waals surface area contributed by atoms with E-state index in [0.717, 1.165) is 42.0 Å². The maximum absolute atomic E-state index is 6.38. The van der Waals surface area contributed by atoms with Crippen molar-refractivity contribution in [2.75, 3.05) is 13.1 Å². The summed E-state index contributed by atoms with van der Waals surface area (Å²) in [4.78, 5) is 2.52. The van der Waals surface area contributed by atoms with Gasteiger partial charge in [0.25, 0.3) is 0 Å². The topological polar surface area (TPSA) is 33.1 Å². The monoisotopic (exact) mass is 298 g/mol. The third-order valence-corrected chi connectivity index (χ3v) is 4.64. The second-order valence-corrected chi connectivity index (χ2v) is 6.86. The number of aryl methyl sites for hydroxylation is 2. The Labute approximate surface area is 127 Å². The number of nitrogens with one attached hydrogen (secondary N) is 1. The molecule has 2 atom stereocenters. The van der Waals surface area contributed by atoms with Gasteiger partial charge in [-0.05, 0) is 26.2 Å². The van der Waals surface area contributed by atoms with E-state index in [1.807, 2.05) is 18.7 Å². The van der Waals surface area contributed by atoms with Crippen molar-refractivity contribution in [2.24, 2.45) is 13.0 Å². The summed E-state index contributed by atoms with van der Waals surface area (Å²) in [6, 6.07) is 1.11. The van der Waals surface area contributed by atoms with E-state index in [2.05, 4.69) is 36.1 Å². The van der Waals surface area contributed by atoms with Gasteiger partial charge in [-0.3, -0.25) is 9.58 Å². The molecule has 1 aromatic heterocycles. The Balaban J connectivity index is 2.06. The Morgan fingerprint density at radius 1 is 1.45 bits per heavy atom. The van der Waals surface area contributed by atoms with Crippen LogP contribution >= 0.6 is 11.6 Å². The molecule has 0 spiro atoms. The van der Waals surface area contributed by atoms with E-state index in [1.54, 1.807) is 0 Å². The second-order valence-electron chi connectivity index (χ2n) is 6.48. The Morgan fingerprint density at radius 3 is 2.70 bits per heavy atom. The molecule has 1 aliphatic rings. The smallest absolute Gasteiger partial charge is 0.0860 e. The molecule has 0 radical (unpaired) electrons. The van der Waals surface area contributed by atoms with Gasteiger partial charge in [0.1, 0.15) is 0 Å². The second kappa shape index (κ2) is 6.46. The molecule has 4 nitrogen and oxygen atoms in total. The first-order chi connectivity index (χ1) is 9.38. The molecule has 1 saturated heterocycles. The van der Waals surface area contributed by atoms with Gasteiger partial charge in [-0.25, -0.2) is 0 Å². The van der Waals surface area contributed by atoms with Crippen LogP contribution in [0.25, 0.3) is 0 Å². The molecule has 0 aliphatic carbocycles. The molecule has 5 heteroatoms. The molecule has 0 bridgehead atoms. The first-order valence-corrected chi connectivity index (χ1v) is 7.91. The van der Waals surface area contributed by atoms with Gasteiger partial charge >= 0.3 is 0 Å². The third kappa shape index (κ3) is 3.54. The van der Waals surface area contributed by atoms with Crippen molar-refractivity contribution in [3.8, 4) is 0 Å². The summed E-state index contributed by atoms with van der Waals surface area (Å²) in [5.41, 5.74) is 2.05. The summed E-state index contributed by atoms with van der Waals surface area (Å²) in [7, 11) is 1.98. The van der Waals surface area contributed by atoms with E-state index in [0.29, 0.717) is 12.1 Å². The van der Waals surface area contributed by atoms with Crippen LogP contribution in [0.2, 0.25) is 5.02 Å². The van der Waals surface area contributed by atoms with Gasteiger partial charge < -0.3 is 5.32 Å². The molecule has 0 saturated carbocycles. The van der Waals surface area contributed by atoms with Gasteiger partial charge in [0.05, 0.1) is 16.4 Å². The van der Waals surface area contributed by atoms with E-state index in [4.69, 9.17) is 11.6 Å². The minimum Gasteiger partial charge on any atom is -0.311 e. The van der Waals surface area contributed by atoms with Gasteiger partial charge in [0.2, 0.25) is 0 Å². The molecule has 20 heavy (non-hydrogen) atoms. The highest BCUT2D eigenvalue weighted by atomic mass is 35.5. The minimum atomic E-state index is 0.532. The van der Waals surface area contributed by atoms with E-state index in [9.17, 15) is 0 Å². The van der Waals surface area contributed by atoms with Gasteiger partial charge in [-0.1, -0.05) is 25.4 Å². The SMILES string of the molecule is Cc1nn(C)c(CN2CC(CC(C)C)NCC2C)c1Cl. The Bertz CT molecular complexity index is 455. The zero-order valence-electron chi connectivity index (χ0n) is 13.3. The number of halogens is 1. The summed E-state index contributed by atoms with van der Waals surface area (Å²) in [5, 5.41) is 8.88. The fraction of sp³-hybridized carbons (Fsp3) is 0.800. The average Bonchev–Trinajstić information content (AvgIpc) is 2.59. The van der Waals surface area contributed by atoms with Crippen molar-refractivity contribution in [3.05, 3.63) is 16.4 Å². The van der Waals surface area contributed by atoms with Crippen LogP contribution < -0.4 is 5.32 Å². The predicted molar refractivity (Wildman–Crippen MR) is 84.1 cm³/mol. The standard InChI is InChI=1S/C15H27ClN4/c1-10(2)6-13-8-20(11(3)7-17-13)9-14-15(16)12(4)18-19(14)5/h10-11,13,17H,6-9H2,1-5H3. The molecule has 2 rings (SSSR count). The first kappa shape index (κ1) is 15.8. The number of rotatable bonds is 4. The Kier molecular flexibility index (Phi) is 5.10. The van der Waals surface area contributed by atoms with Crippen molar-refractivity contribution in [2.45, 2.75) is 52.7 Å². The normalized spacial score (nSPS) is 24.6. The lowest BCUT2D eigenvalue weighted by Crippen LogP contribution is -2.55. The molecule has 1 aliphatic heterocycles. The van der Waals surface area contributed by atoms with Crippen molar-refractivity contribution in [3.63, 3.8) is 0 Å². The summed E-state index contributed by atoms with van der Waals surface area (Å²) < 4.78 is 1.92. The highest BCUT2D eigenvalue weighted by Crippen LogP contribution is 2.23. The lowest BCUT2D eigenvalue weighted by molar-refractivity contribution is 0.122. The number of aromatic nitrogens is 2. The van der Waals surface area contributed by atoms with E-state index in [1.165, 1.54) is 6.42 Å². The van der Waals surface area contributed by atoms with Gasteiger partial charge in [-0.2, -0.15) is 5.10 Å². The quantitative estimate of drug-likeness (QED) is 0.927. The van der Waals surface area contributed by atoms with Crippen molar-refractivity contribution in [1.82, 2.24) is 20.0 Å². The van der Waals surface area contributed by atoms with Crippen LogP contribution in [0.4, 0.5) is 0 Å². The van der Waals surface area contributed by atoms with Crippen LogP contribution in [0.15, 0.2) is 0 Å². The minimum absolute atomic E-state index is 0.532. The Morgan fingerprint density at radius 2 is 2.15 bits per heavy atom. The van der Waals surface area contributed by atoms with Crippen LogP contribution in [0, 0.1) is 12.8 Å². The summed E-state index contributed by atoms with van der Waals surface area (Å²) in [6.07, 6.45) is 1.22. The van der Waals surface area contributed by atoms with Crippen LogP contribution in [0.3, 0.4) is 0 Å². The number of hydrogen-bond donors (Lipinski definition) is 1. The molecule has 1 aromatic rings. The highest BCUT2D eigenvalue weighted by molar-refractivity contribution is 6.31. The number of piperazine rings is 1. The lowest BCUT2D eigenvalue weighted by Gasteiger charge is -2.39. The van der Waals surface area contributed by atoms with Crippen molar-refractivity contribution >= 4 is 11.6 Å². The molecule has 2 heterocycles. The zero-order valence-corrected chi connectivity index (χ0v) is 14.0. The van der Waals surface area contributed by atoms with Crippen molar-refractivity contribution in [1.29, 1.82) is 0 Å². The molecule has 114 valence electrons. The molecule has 0 aromatic carbocycles. The summed E-state index contributed by atoms with van der Waals surface area (Å²) in [5.74, 6) is 0.727. The van der Waals surface area contributed by atoms with Crippen LogP contribution in [-0.4, -0.2) is 39.9 Å². The largest absolute Gasteiger partial charge is 0.311 e. The fourth-order valence-corrected chi connectivity index (χ4v) is 3.21. The predicted octanol–water partition coefficient (Wildman–Crippen LogP) is 2.59. The molecule has 1 fully saturated rings. The van der Waals surface area contributed by atoms with E-state index >= 15 is 0 Å². The average molecular weight is 299 g/mol. The molecule has 2 unspecified atom stereocenters. The number of nitrogens with zero attached hydrogens (tertiary/aromatic N) is 3. The maximum atomic E-state index is 6.38. The van der Waals surface area contributed by atoms with Gasteiger partial charge in [0, 0.05) is 38.8 Å². The summed E-state index contributed by atoms with van der Waals surface area (Å²) in [6.45, 7) is 11.8. The summed E-state index contributed by atoms with van der Waals surface area (Å²) >= 11 is 6.38. The lowest BCUT2D eigenvalue weighted by atomic mass is 10.00. The van der Waals surface area contributed by atoms with E-state index in [-0.39, 0.29) is 0 Å². The van der Waals surface area contributed by atoms with Gasteiger partial charge in [-0.15, -0.1) is 0 Å². The van der Waals surface area contributed by atoms with Crippen LogP contribution in [0.1, 0.15) is 38.6 Å². The third-order valence-electron chi connectivity index (χ3n) is 4.15. The zero-order chi connectivity index (χ0) is 14.9. The van der Waals surface area contributed by atoms with Crippen molar-refractivity contribution < 1.29 is 0 Å². The first-order valence-electron chi connectivity index (χ1n) is 7.53. The maximum Gasteiger partial charge on any atom is 0.0860 e. The Hall–Kier alpha value is -0.580. The van der Waals surface area contributed by atoms with Gasteiger partial charge in [0.15, 0.2) is 0 Å². The molecule has 0 amide bonds. The molecular formula is C15H27ClN4.